The Kier molecular flexibility index (Phi) is 22.3. The van der Waals surface area contributed by atoms with E-state index in [-0.39, 0.29) is 0 Å². The topological polar surface area (TPSA) is 0 Å². The SMILES string of the molecule is CC(C)CCCCCCCCCCCCCCCCCCCCCC(C)C. The van der Waals surface area contributed by atoms with Crippen LogP contribution in [-0.2, 0) is 0 Å². The second kappa shape index (κ2) is 22.3. The van der Waals surface area contributed by atoms with E-state index in [0.29, 0.717) is 0 Å². The molecule has 0 aliphatic heterocycles. The summed E-state index contributed by atoms with van der Waals surface area (Å²) in [5.41, 5.74) is 0. The van der Waals surface area contributed by atoms with E-state index >= 15 is 0 Å². The van der Waals surface area contributed by atoms with Gasteiger partial charge in [-0.1, -0.05) is 163 Å². The highest BCUT2D eigenvalue weighted by Gasteiger charge is 1.97. The van der Waals surface area contributed by atoms with Crippen LogP contribution in [-0.4, -0.2) is 0 Å². The molecule has 0 nitrogen and oxygen atoms in total. The lowest BCUT2D eigenvalue weighted by Gasteiger charge is -2.05. The van der Waals surface area contributed by atoms with Crippen LogP contribution < -0.4 is 0 Å². The first-order valence-electron chi connectivity index (χ1n) is 13.1. The van der Waals surface area contributed by atoms with Gasteiger partial charge in [-0.25, -0.2) is 0 Å². The molecule has 0 saturated heterocycles. The normalized spacial score (nSPS) is 11.8. The van der Waals surface area contributed by atoms with Crippen molar-refractivity contribution in [1.29, 1.82) is 0 Å². The van der Waals surface area contributed by atoms with Crippen molar-refractivity contribution in [2.75, 3.05) is 0 Å². The van der Waals surface area contributed by atoms with Crippen molar-refractivity contribution in [1.82, 2.24) is 0 Å². The van der Waals surface area contributed by atoms with E-state index < -0.39 is 0 Å². The molecular weight excluding hydrogens is 324 g/mol. The molecule has 0 amide bonds. The molecule has 0 aromatic carbocycles. The molecule has 27 heavy (non-hydrogen) atoms. The zero-order valence-electron chi connectivity index (χ0n) is 20.0. The molecule has 0 fully saturated rings. The van der Waals surface area contributed by atoms with Crippen LogP contribution in [0.5, 0.6) is 0 Å². The molecule has 0 atom stereocenters. The molecule has 0 rings (SSSR count). The lowest BCUT2D eigenvalue weighted by atomic mass is 10.0. The van der Waals surface area contributed by atoms with Gasteiger partial charge in [0.1, 0.15) is 0 Å². The smallest absolute Gasteiger partial charge is 0.0471 e. The van der Waals surface area contributed by atoms with Crippen molar-refractivity contribution >= 4 is 0 Å². The van der Waals surface area contributed by atoms with Gasteiger partial charge in [0.2, 0.25) is 0 Å². The summed E-state index contributed by atoms with van der Waals surface area (Å²) in [6.45, 7) is 9.38. The second-order valence-corrected chi connectivity index (χ2v) is 10.1. The Balaban J connectivity index is 2.99. The highest BCUT2D eigenvalue weighted by Crippen LogP contribution is 2.16. The van der Waals surface area contributed by atoms with Crippen molar-refractivity contribution in [2.45, 2.75) is 163 Å². The molecule has 0 saturated carbocycles. The van der Waals surface area contributed by atoms with Crippen LogP contribution in [0.2, 0.25) is 0 Å². The van der Waals surface area contributed by atoms with Gasteiger partial charge in [-0.05, 0) is 11.8 Å². The molecule has 0 aromatic heterocycles. The van der Waals surface area contributed by atoms with E-state index in [0.717, 1.165) is 11.8 Å². The summed E-state index contributed by atoms with van der Waals surface area (Å²) in [6.07, 6.45) is 31.0. The van der Waals surface area contributed by atoms with Crippen LogP contribution in [0.3, 0.4) is 0 Å². The Hall–Kier alpha value is 0. The van der Waals surface area contributed by atoms with Crippen molar-refractivity contribution < 1.29 is 0 Å². The first-order valence-corrected chi connectivity index (χ1v) is 13.1. The van der Waals surface area contributed by atoms with Crippen molar-refractivity contribution in [3.8, 4) is 0 Å². The minimum atomic E-state index is 0.898. The standard InChI is InChI=1S/C27H56/c1-26(2)24-22-20-18-16-14-12-10-8-6-5-7-9-11-13-15-17-19-21-23-25-27(3)4/h26-27H,5-25H2,1-4H3. The van der Waals surface area contributed by atoms with Crippen molar-refractivity contribution in [2.24, 2.45) is 11.8 Å². The fraction of sp³-hybridized carbons (Fsp3) is 1.00. The molecule has 0 radical (unpaired) electrons. The van der Waals surface area contributed by atoms with Crippen LogP contribution >= 0.6 is 0 Å². The fourth-order valence-corrected chi connectivity index (χ4v) is 4.11. The average Bonchev–Trinajstić information content (AvgIpc) is 2.62. The minimum absolute atomic E-state index is 0.898. The average molecular weight is 381 g/mol. The van der Waals surface area contributed by atoms with E-state index in [1.54, 1.807) is 0 Å². The summed E-state index contributed by atoms with van der Waals surface area (Å²) >= 11 is 0. The largest absolute Gasteiger partial charge is 0.0628 e. The lowest BCUT2D eigenvalue weighted by molar-refractivity contribution is 0.497. The third-order valence-electron chi connectivity index (χ3n) is 6.06. The Morgan fingerprint density at radius 1 is 0.259 bits per heavy atom. The van der Waals surface area contributed by atoms with Crippen LogP contribution in [0.1, 0.15) is 163 Å². The Morgan fingerprint density at radius 3 is 0.556 bits per heavy atom. The minimum Gasteiger partial charge on any atom is -0.0628 e. The van der Waals surface area contributed by atoms with Crippen molar-refractivity contribution in [3.05, 3.63) is 0 Å². The third-order valence-corrected chi connectivity index (χ3v) is 6.06. The van der Waals surface area contributed by atoms with Gasteiger partial charge < -0.3 is 0 Å². The molecule has 0 unspecified atom stereocenters. The van der Waals surface area contributed by atoms with Crippen LogP contribution in [0.15, 0.2) is 0 Å². The highest BCUT2D eigenvalue weighted by molar-refractivity contribution is 4.52. The van der Waals surface area contributed by atoms with Crippen LogP contribution in [0.4, 0.5) is 0 Å². The summed E-state index contributed by atoms with van der Waals surface area (Å²) in [7, 11) is 0. The van der Waals surface area contributed by atoms with E-state index in [9.17, 15) is 0 Å². The summed E-state index contributed by atoms with van der Waals surface area (Å²) in [6, 6.07) is 0. The molecule has 0 aliphatic carbocycles. The quantitative estimate of drug-likeness (QED) is 0.164. The molecular formula is C27H56. The first-order chi connectivity index (χ1) is 13.1. The van der Waals surface area contributed by atoms with E-state index in [2.05, 4.69) is 27.7 Å². The van der Waals surface area contributed by atoms with Crippen LogP contribution in [0, 0.1) is 11.8 Å². The maximum absolute atomic E-state index is 2.34. The van der Waals surface area contributed by atoms with Crippen LogP contribution in [0.25, 0.3) is 0 Å². The lowest BCUT2D eigenvalue weighted by Crippen LogP contribution is -1.87. The zero-order chi connectivity index (χ0) is 20.0. The summed E-state index contributed by atoms with van der Waals surface area (Å²) in [4.78, 5) is 0. The predicted molar refractivity (Wildman–Crippen MR) is 127 cm³/mol. The highest BCUT2D eigenvalue weighted by atomic mass is 14.0. The van der Waals surface area contributed by atoms with Gasteiger partial charge in [0.15, 0.2) is 0 Å². The summed E-state index contributed by atoms with van der Waals surface area (Å²) in [5.74, 6) is 1.80. The molecule has 0 heteroatoms. The fourth-order valence-electron chi connectivity index (χ4n) is 4.11. The molecule has 0 aromatic rings. The van der Waals surface area contributed by atoms with Gasteiger partial charge in [0.25, 0.3) is 0 Å². The number of hydrogen-bond donors (Lipinski definition) is 0. The van der Waals surface area contributed by atoms with E-state index in [1.807, 2.05) is 0 Å². The molecule has 0 aliphatic rings. The summed E-state index contributed by atoms with van der Waals surface area (Å²) < 4.78 is 0. The van der Waals surface area contributed by atoms with E-state index in [1.165, 1.54) is 135 Å². The Labute approximate surface area is 174 Å². The van der Waals surface area contributed by atoms with Crippen molar-refractivity contribution in [3.63, 3.8) is 0 Å². The van der Waals surface area contributed by atoms with Gasteiger partial charge in [0, 0.05) is 0 Å². The van der Waals surface area contributed by atoms with Gasteiger partial charge in [-0.2, -0.15) is 0 Å². The molecule has 0 bridgehead atoms. The van der Waals surface area contributed by atoms with Gasteiger partial charge in [0.05, 0.1) is 0 Å². The second-order valence-electron chi connectivity index (χ2n) is 10.1. The number of hydrogen-bond acceptors (Lipinski definition) is 0. The molecule has 164 valence electrons. The van der Waals surface area contributed by atoms with Gasteiger partial charge in [-0.15, -0.1) is 0 Å². The third kappa shape index (κ3) is 26.0. The Bertz CT molecular complexity index is 227. The monoisotopic (exact) mass is 380 g/mol. The molecule has 0 heterocycles. The molecule has 0 spiro atoms. The van der Waals surface area contributed by atoms with Gasteiger partial charge in [-0.3, -0.25) is 0 Å². The summed E-state index contributed by atoms with van der Waals surface area (Å²) in [5, 5.41) is 0. The maximum Gasteiger partial charge on any atom is -0.0471 e. The Morgan fingerprint density at radius 2 is 0.407 bits per heavy atom. The predicted octanol–water partition coefficient (Wildman–Crippen LogP) is 10.5. The number of unbranched alkanes of at least 4 members (excludes halogenated alkanes) is 18. The zero-order valence-corrected chi connectivity index (χ0v) is 20.0. The first kappa shape index (κ1) is 27.0. The van der Waals surface area contributed by atoms with E-state index in [4.69, 9.17) is 0 Å². The molecule has 0 N–H and O–H groups in total. The number of rotatable bonds is 22. The van der Waals surface area contributed by atoms with Gasteiger partial charge >= 0.3 is 0 Å². The maximum atomic E-state index is 2.34.